The van der Waals surface area contributed by atoms with E-state index in [-0.39, 0.29) is 12.2 Å². The Labute approximate surface area is 260 Å². The van der Waals surface area contributed by atoms with Crippen molar-refractivity contribution < 1.29 is 4.74 Å². The van der Waals surface area contributed by atoms with Crippen molar-refractivity contribution in [2.45, 2.75) is 129 Å². The van der Waals surface area contributed by atoms with E-state index in [2.05, 4.69) is 73.9 Å². The maximum atomic E-state index is 6.93. The predicted molar refractivity (Wildman–Crippen MR) is 180 cm³/mol. The first-order valence-electron chi connectivity index (χ1n) is 16.6. The largest absolute Gasteiger partial charge is 0.375 e. The van der Waals surface area contributed by atoms with Crippen LogP contribution in [0.15, 0.2) is 36.4 Å². The fraction of sp³-hybridized carbons (Fsp3) is 0.667. The second-order valence-electron chi connectivity index (χ2n) is 12.7. The Bertz CT molecular complexity index is 980. The topological polar surface area (TPSA) is 15.7 Å². The molecule has 0 aromatic heterocycles. The van der Waals surface area contributed by atoms with Gasteiger partial charge in [0.25, 0.3) is 0 Å². The number of piperidine rings is 2. The van der Waals surface area contributed by atoms with Crippen LogP contribution >= 0.6 is 23.2 Å². The summed E-state index contributed by atoms with van der Waals surface area (Å²) in [4.78, 5) is 4.91. The minimum Gasteiger partial charge on any atom is -0.375 e. The first-order valence-corrected chi connectivity index (χ1v) is 17.4. The van der Waals surface area contributed by atoms with Gasteiger partial charge in [-0.25, -0.2) is 0 Å². The van der Waals surface area contributed by atoms with Crippen LogP contribution in [0.4, 0.5) is 11.4 Å². The van der Waals surface area contributed by atoms with Gasteiger partial charge in [0.05, 0.1) is 33.6 Å². The highest BCUT2D eigenvalue weighted by molar-refractivity contribution is 6.33. The molecule has 3 nitrogen and oxygen atoms in total. The molecule has 4 rings (SSSR count). The molecule has 5 heteroatoms. The van der Waals surface area contributed by atoms with Gasteiger partial charge in [-0.1, -0.05) is 75.9 Å². The maximum Gasteiger partial charge on any atom is 0.0642 e. The van der Waals surface area contributed by atoms with Crippen LogP contribution in [0.5, 0.6) is 0 Å². The van der Waals surface area contributed by atoms with E-state index < -0.39 is 0 Å². The van der Waals surface area contributed by atoms with Gasteiger partial charge in [-0.05, 0) is 111 Å². The Kier molecular flexibility index (Phi) is 13.0. The number of anilines is 2. The predicted octanol–water partition coefficient (Wildman–Crippen LogP) is 11.0. The van der Waals surface area contributed by atoms with Gasteiger partial charge in [-0.2, -0.15) is 0 Å². The van der Waals surface area contributed by atoms with Gasteiger partial charge in [0, 0.05) is 26.2 Å². The Hall–Kier alpha value is -1.42. The van der Waals surface area contributed by atoms with Gasteiger partial charge in [-0.3, -0.25) is 0 Å². The van der Waals surface area contributed by atoms with Crippen molar-refractivity contribution in [2.75, 3.05) is 36.0 Å². The van der Waals surface area contributed by atoms with Gasteiger partial charge in [0.15, 0.2) is 0 Å². The summed E-state index contributed by atoms with van der Waals surface area (Å²) in [5.74, 6) is 0.806. The maximum absolute atomic E-state index is 6.93. The van der Waals surface area contributed by atoms with Crippen LogP contribution in [0, 0.1) is 0 Å². The lowest BCUT2D eigenvalue weighted by molar-refractivity contribution is -0.0336. The first kappa shape index (κ1) is 32.5. The third-order valence-electron chi connectivity index (χ3n) is 9.31. The minimum absolute atomic E-state index is 0.254. The van der Waals surface area contributed by atoms with Crippen LogP contribution in [0.1, 0.15) is 128 Å². The summed E-state index contributed by atoms with van der Waals surface area (Å²) in [6.45, 7) is 13.7. The van der Waals surface area contributed by atoms with E-state index in [4.69, 9.17) is 27.9 Å². The molecule has 2 aromatic carbocycles. The Morgan fingerprint density at radius 2 is 1.02 bits per heavy atom. The third kappa shape index (κ3) is 9.28. The fourth-order valence-corrected chi connectivity index (χ4v) is 7.52. The molecular weight excluding hydrogens is 547 g/mol. The number of ether oxygens (including phenoxy) is 1. The van der Waals surface area contributed by atoms with Crippen LogP contribution in [0.25, 0.3) is 0 Å². The van der Waals surface area contributed by atoms with Crippen molar-refractivity contribution in [3.05, 3.63) is 57.6 Å². The standard InChI is InChI=1S/C36H54Cl2N2O/c1-5-13-31(23-27(3)29-15-17-35(33(37)25-29)39-19-9-7-10-20-39)41-32(14-6-2)24-28(4)30-16-18-36(34(38)26-30)40-21-11-8-12-22-40/h15-18,25-28,31-32H,5-14,19-24H2,1-4H3. The normalized spacial score (nSPS) is 19.2. The summed E-state index contributed by atoms with van der Waals surface area (Å²) in [5, 5.41) is 1.79. The van der Waals surface area contributed by atoms with Crippen LogP contribution < -0.4 is 9.80 Å². The summed E-state index contributed by atoms with van der Waals surface area (Å²) in [6.07, 6.45) is 14.7. The zero-order valence-electron chi connectivity index (χ0n) is 26.1. The summed E-state index contributed by atoms with van der Waals surface area (Å²) < 4.78 is 6.93. The molecule has 0 radical (unpaired) electrons. The van der Waals surface area contributed by atoms with Gasteiger partial charge in [0.1, 0.15) is 0 Å². The quantitative estimate of drug-likeness (QED) is 0.214. The Morgan fingerprint density at radius 3 is 1.37 bits per heavy atom. The van der Waals surface area contributed by atoms with Crippen molar-refractivity contribution in [3.63, 3.8) is 0 Å². The summed E-state index contributed by atoms with van der Waals surface area (Å²) in [6, 6.07) is 13.5. The molecule has 228 valence electrons. The Balaban J connectivity index is 1.38. The van der Waals surface area contributed by atoms with Gasteiger partial charge < -0.3 is 14.5 Å². The zero-order valence-corrected chi connectivity index (χ0v) is 27.7. The smallest absolute Gasteiger partial charge is 0.0642 e. The molecule has 0 spiro atoms. The highest BCUT2D eigenvalue weighted by Gasteiger charge is 2.23. The van der Waals surface area contributed by atoms with Gasteiger partial charge in [-0.15, -0.1) is 0 Å². The van der Waals surface area contributed by atoms with Crippen molar-refractivity contribution in [1.82, 2.24) is 0 Å². The van der Waals surface area contributed by atoms with Crippen molar-refractivity contribution >= 4 is 34.6 Å². The molecule has 2 fully saturated rings. The second kappa shape index (κ2) is 16.4. The SMILES string of the molecule is CCCC(CC(C)c1ccc(N2CCCCC2)c(Cl)c1)OC(CCC)CC(C)c1ccc(N2CCCCC2)c(Cl)c1. The number of halogens is 2. The molecule has 2 heterocycles. The van der Waals surface area contributed by atoms with E-state index in [0.717, 1.165) is 74.7 Å². The molecule has 0 N–H and O–H groups in total. The van der Waals surface area contributed by atoms with Gasteiger partial charge in [0.2, 0.25) is 0 Å². The van der Waals surface area contributed by atoms with E-state index in [1.54, 1.807) is 0 Å². The summed E-state index contributed by atoms with van der Waals surface area (Å²) >= 11 is 13.7. The number of hydrogen-bond donors (Lipinski definition) is 0. The second-order valence-corrected chi connectivity index (χ2v) is 13.6. The lowest BCUT2D eigenvalue weighted by Crippen LogP contribution is -2.29. The first-order chi connectivity index (χ1) is 19.9. The lowest BCUT2D eigenvalue weighted by atomic mass is 9.91. The highest BCUT2D eigenvalue weighted by atomic mass is 35.5. The number of benzene rings is 2. The zero-order chi connectivity index (χ0) is 29.2. The number of rotatable bonds is 14. The monoisotopic (exact) mass is 600 g/mol. The fourth-order valence-electron chi connectivity index (χ4n) is 6.90. The van der Waals surface area contributed by atoms with Crippen molar-refractivity contribution in [1.29, 1.82) is 0 Å². The number of nitrogens with zero attached hydrogens (tertiary/aromatic N) is 2. The van der Waals surface area contributed by atoms with E-state index in [0.29, 0.717) is 11.8 Å². The van der Waals surface area contributed by atoms with E-state index in [9.17, 15) is 0 Å². The van der Waals surface area contributed by atoms with E-state index in [1.807, 2.05) is 0 Å². The van der Waals surface area contributed by atoms with Crippen LogP contribution in [0.3, 0.4) is 0 Å². The van der Waals surface area contributed by atoms with Crippen LogP contribution in [-0.2, 0) is 4.74 Å². The molecule has 0 aliphatic carbocycles. The van der Waals surface area contributed by atoms with Crippen molar-refractivity contribution in [3.8, 4) is 0 Å². The molecule has 0 saturated carbocycles. The van der Waals surface area contributed by atoms with Gasteiger partial charge >= 0.3 is 0 Å². The average molecular weight is 602 g/mol. The molecule has 2 aliphatic rings. The minimum atomic E-state index is 0.254. The molecule has 0 amide bonds. The van der Waals surface area contributed by atoms with Crippen LogP contribution in [-0.4, -0.2) is 38.4 Å². The van der Waals surface area contributed by atoms with E-state index in [1.165, 1.54) is 61.0 Å². The number of hydrogen-bond acceptors (Lipinski definition) is 3. The molecular formula is C36H54Cl2N2O. The summed E-state index contributed by atoms with van der Waals surface area (Å²) in [5.41, 5.74) is 5.04. The lowest BCUT2D eigenvalue weighted by Gasteiger charge is -2.31. The average Bonchev–Trinajstić information content (AvgIpc) is 2.98. The molecule has 2 aliphatic heterocycles. The highest BCUT2D eigenvalue weighted by Crippen LogP contribution is 2.36. The van der Waals surface area contributed by atoms with Crippen LogP contribution in [0.2, 0.25) is 10.0 Å². The molecule has 4 atom stereocenters. The molecule has 2 aromatic rings. The molecule has 2 saturated heterocycles. The van der Waals surface area contributed by atoms with E-state index >= 15 is 0 Å². The molecule has 41 heavy (non-hydrogen) atoms. The molecule has 4 unspecified atom stereocenters. The Morgan fingerprint density at radius 1 is 0.634 bits per heavy atom. The summed E-state index contributed by atoms with van der Waals surface area (Å²) in [7, 11) is 0. The third-order valence-corrected chi connectivity index (χ3v) is 9.92. The van der Waals surface area contributed by atoms with Crippen molar-refractivity contribution in [2.24, 2.45) is 0 Å². The molecule has 0 bridgehead atoms.